The van der Waals surface area contributed by atoms with Crippen molar-refractivity contribution in [1.82, 2.24) is 0 Å². The van der Waals surface area contributed by atoms with Crippen LogP contribution in [-0.2, 0) is 4.79 Å². The Morgan fingerprint density at radius 1 is 0.962 bits per heavy atom. The Kier molecular flexibility index (Phi) is 4.42. The minimum atomic E-state index is -0.444. The Bertz CT molecular complexity index is 579. The summed E-state index contributed by atoms with van der Waals surface area (Å²) in [5, 5.41) is 10.6. The van der Waals surface area contributed by atoms with E-state index in [4.69, 9.17) is 0 Å². The molecule has 0 aromatic heterocycles. The van der Waals surface area contributed by atoms with Crippen molar-refractivity contribution in [3.8, 4) is 0 Å². The number of fused-ring (bicyclic) bond motifs is 5. The van der Waals surface area contributed by atoms with Crippen LogP contribution < -0.4 is 0 Å². The van der Waals surface area contributed by atoms with Crippen molar-refractivity contribution in [3.63, 3.8) is 0 Å². The van der Waals surface area contributed by atoms with E-state index in [1.165, 1.54) is 38.5 Å². The Hall–Kier alpha value is -0.370. The molecule has 4 aliphatic rings. The van der Waals surface area contributed by atoms with Crippen molar-refractivity contribution in [3.05, 3.63) is 0 Å². The van der Waals surface area contributed by atoms with Crippen LogP contribution in [-0.4, -0.2) is 16.5 Å². The zero-order valence-corrected chi connectivity index (χ0v) is 17.7. The normalized spacial score (nSPS) is 53.7. The molecule has 4 saturated carbocycles. The Labute approximate surface area is 160 Å². The summed E-state index contributed by atoms with van der Waals surface area (Å²) in [6, 6.07) is 0. The molecular formula is C24H40O2. The highest BCUT2D eigenvalue weighted by atomic mass is 16.3. The molecule has 4 aliphatic carbocycles. The lowest BCUT2D eigenvalue weighted by Gasteiger charge is -2.63. The maximum absolute atomic E-state index is 12.5. The predicted molar refractivity (Wildman–Crippen MR) is 106 cm³/mol. The molecule has 0 heterocycles. The highest BCUT2D eigenvalue weighted by molar-refractivity contribution is 5.79. The van der Waals surface area contributed by atoms with Crippen LogP contribution in [0.4, 0.5) is 0 Å². The second-order valence-electron chi connectivity index (χ2n) is 11.4. The molecular weight excluding hydrogens is 320 g/mol. The number of carbonyl (C=O) groups excluding carboxylic acids is 1. The van der Waals surface area contributed by atoms with Gasteiger partial charge in [0.25, 0.3) is 0 Å². The fourth-order valence-corrected chi connectivity index (χ4v) is 8.86. The van der Waals surface area contributed by atoms with Crippen molar-refractivity contribution >= 4 is 5.78 Å². The Morgan fingerprint density at radius 2 is 1.69 bits per heavy atom. The lowest BCUT2D eigenvalue weighted by atomic mass is 9.42. The average molecular weight is 361 g/mol. The van der Waals surface area contributed by atoms with Gasteiger partial charge >= 0.3 is 0 Å². The second-order valence-corrected chi connectivity index (χ2v) is 11.4. The molecule has 0 aromatic carbocycles. The SMILES string of the molecule is CC(=O)C1CCC2C3CCC4CC(C)(O)CCC4(C)C3CCC12C(C)C. The topological polar surface area (TPSA) is 37.3 Å². The van der Waals surface area contributed by atoms with Gasteiger partial charge in [-0.1, -0.05) is 20.8 Å². The van der Waals surface area contributed by atoms with Crippen LogP contribution in [0.3, 0.4) is 0 Å². The highest BCUT2D eigenvalue weighted by Crippen LogP contribution is 2.69. The first-order chi connectivity index (χ1) is 12.1. The van der Waals surface area contributed by atoms with E-state index in [-0.39, 0.29) is 5.41 Å². The van der Waals surface area contributed by atoms with Crippen LogP contribution in [0, 0.1) is 46.3 Å². The molecule has 1 N–H and O–H groups in total. The van der Waals surface area contributed by atoms with Crippen molar-refractivity contribution < 1.29 is 9.90 Å². The first-order valence-corrected chi connectivity index (χ1v) is 11.3. The van der Waals surface area contributed by atoms with Crippen molar-refractivity contribution in [2.24, 2.45) is 46.3 Å². The third-order valence-corrected chi connectivity index (χ3v) is 10.1. The van der Waals surface area contributed by atoms with Crippen molar-refractivity contribution in [2.45, 2.75) is 98.0 Å². The van der Waals surface area contributed by atoms with E-state index in [1.807, 2.05) is 6.92 Å². The minimum absolute atomic E-state index is 0.274. The summed E-state index contributed by atoms with van der Waals surface area (Å²) in [5.74, 6) is 4.47. The Balaban J connectivity index is 1.65. The number of ketones is 1. The molecule has 0 spiro atoms. The minimum Gasteiger partial charge on any atom is -0.390 e. The molecule has 0 radical (unpaired) electrons. The van der Waals surface area contributed by atoms with Crippen LogP contribution in [0.1, 0.15) is 92.4 Å². The molecule has 2 nitrogen and oxygen atoms in total. The lowest BCUT2D eigenvalue weighted by molar-refractivity contribution is -0.160. The molecule has 0 bridgehead atoms. The number of aliphatic hydroxyl groups is 1. The third-order valence-electron chi connectivity index (χ3n) is 10.1. The van der Waals surface area contributed by atoms with Gasteiger partial charge in [-0.05, 0) is 112 Å². The molecule has 26 heavy (non-hydrogen) atoms. The van der Waals surface area contributed by atoms with Crippen LogP contribution in [0.5, 0.6) is 0 Å². The van der Waals surface area contributed by atoms with Gasteiger partial charge in [-0.15, -0.1) is 0 Å². The van der Waals surface area contributed by atoms with Gasteiger partial charge in [0.15, 0.2) is 0 Å². The fraction of sp³-hybridized carbons (Fsp3) is 0.958. The van der Waals surface area contributed by atoms with Gasteiger partial charge in [-0.2, -0.15) is 0 Å². The quantitative estimate of drug-likeness (QED) is 0.694. The fourth-order valence-electron chi connectivity index (χ4n) is 8.86. The van der Waals surface area contributed by atoms with Crippen molar-refractivity contribution in [1.29, 1.82) is 0 Å². The van der Waals surface area contributed by atoms with Gasteiger partial charge in [0.2, 0.25) is 0 Å². The van der Waals surface area contributed by atoms with E-state index in [2.05, 4.69) is 27.7 Å². The van der Waals surface area contributed by atoms with E-state index in [1.54, 1.807) is 0 Å². The number of rotatable bonds is 2. The van der Waals surface area contributed by atoms with Gasteiger partial charge in [-0.3, -0.25) is 4.79 Å². The molecule has 0 amide bonds. The molecule has 2 heteroatoms. The molecule has 0 saturated heterocycles. The summed E-state index contributed by atoms with van der Waals surface area (Å²) in [7, 11) is 0. The maximum Gasteiger partial charge on any atom is 0.133 e. The highest BCUT2D eigenvalue weighted by Gasteiger charge is 2.63. The predicted octanol–water partition coefficient (Wildman–Crippen LogP) is 5.62. The molecule has 0 aliphatic heterocycles. The maximum atomic E-state index is 12.5. The van der Waals surface area contributed by atoms with Crippen LogP contribution in [0.25, 0.3) is 0 Å². The molecule has 4 fully saturated rings. The molecule has 8 atom stereocenters. The second kappa shape index (κ2) is 6.06. The molecule has 0 aromatic rings. The first kappa shape index (κ1) is 19.0. The average Bonchev–Trinajstić information content (AvgIpc) is 2.96. The van der Waals surface area contributed by atoms with Crippen LogP contribution in [0.15, 0.2) is 0 Å². The smallest absolute Gasteiger partial charge is 0.133 e. The summed E-state index contributed by atoms with van der Waals surface area (Å²) in [5.41, 5.74) is 0.249. The molecule has 148 valence electrons. The van der Waals surface area contributed by atoms with Gasteiger partial charge in [0, 0.05) is 5.92 Å². The number of carbonyl (C=O) groups is 1. The monoisotopic (exact) mass is 360 g/mol. The summed E-state index contributed by atoms with van der Waals surface area (Å²) < 4.78 is 0. The number of hydrogen-bond donors (Lipinski definition) is 1. The third kappa shape index (κ3) is 2.50. The molecule has 8 unspecified atom stereocenters. The Morgan fingerprint density at radius 3 is 2.35 bits per heavy atom. The van der Waals surface area contributed by atoms with E-state index >= 15 is 0 Å². The van der Waals surface area contributed by atoms with Crippen LogP contribution in [0.2, 0.25) is 0 Å². The number of Topliss-reactive ketones (excluding diaryl/α,β-unsaturated/α-hetero) is 1. The number of hydrogen-bond acceptors (Lipinski definition) is 2. The van der Waals surface area contributed by atoms with E-state index in [9.17, 15) is 9.90 Å². The van der Waals surface area contributed by atoms with Crippen LogP contribution >= 0.6 is 0 Å². The standard InChI is InChI=1S/C24H40O2/c1-15(2)24-11-10-20-18(21(24)9-8-19(24)16(3)25)7-6-17-14-22(4,26)12-13-23(17,20)5/h15,17-21,26H,6-14H2,1-5H3. The summed E-state index contributed by atoms with van der Waals surface area (Å²) in [4.78, 5) is 12.5. The summed E-state index contributed by atoms with van der Waals surface area (Å²) in [6.07, 6.45) is 10.8. The van der Waals surface area contributed by atoms with E-state index in [0.717, 1.165) is 37.0 Å². The van der Waals surface area contributed by atoms with E-state index in [0.29, 0.717) is 29.0 Å². The van der Waals surface area contributed by atoms with E-state index < -0.39 is 5.60 Å². The summed E-state index contributed by atoms with van der Waals surface area (Å²) >= 11 is 0. The summed E-state index contributed by atoms with van der Waals surface area (Å²) in [6.45, 7) is 11.2. The molecule has 4 rings (SSSR count). The largest absolute Gasteiger partial charge is 0.390 e. The lowest BCUT2D eigenvalue weighted by Crippen LogP contribution is -2.57. The van der Waals surface area contributed by atoms with Gasteiger partial charge in [0.1, 0.15) is 5.78 Å². The van der Waals surface area contributed by atoms with Gasteiger partial charge < -0.3 is 5.11 Å². The van der Waals surface area contributed by atoms with Gasteiger partial charge in [0.05, 0.1) is 5.60 Å². The van der Waals surface area contributed by atoms with Crippen molar-refractivity contribution in [2.75, 3.05) is 0 Å². The zero-order valence-electron chi connectivity index (χ0n) is 17.7. The zero-order chi connectivity index (χ0) is 18.9. The van der Waals surface area contributed by atoms with Gasteiger partial charge in [-0.25, -0.2) is 0 Å². The first-order valence-electron chi connectivity index (χ1n) is 11.3.